The zero-order chi connectivity index (χ0) is 69.0. The summed E-state index contributed by atoms with van der Waals surface area (Å²) in [6.45, 7) is 37.4. The van der Waals surface area contributed by atoms with Crippen LogP contribution in [0.25, 0.3) is 0 Å². The van der Waals surface area contributed by atoms with Gasteiger partial charge in [-0.15, -0.1) is 0 Å². The molecule has 94 heavy (non-hydrogen) atoms. The van der Waals surface area contributed by atoms with Crippen LogP contribution in [0.15, 0.2) is 23.3 Å². The molecule has 3 heterocycles. The number of likely N-dealkylation sites (tertiary alicyclic amines) is 1. The van der Waals surface area contributed by atoms with Crippen molar-refractivity contribution >= 4 is 41.4 Å². The molecule has 4 unspecified atom stereocenters. The number of rotatable bonds is 5. The second-order valence-electron chi connectivity index (χ2n) is 36.6. The average Bonchev–Trinajstić information content (AvgIpc) is 0.733. The Balaban J connectivity index is 0.000000175. The molecule has 15 heteroatoms. The Morgan fingerprint density at radius 3 is 1.43 bits per heavy atom. The smallest absolute Gasteiger partial charge is 0.410 e. The van der Waals surface area contributed by atoms with E-state index in [1.165, 1.54) is 45.3 Å². The van der Waals surface area contributed by atoms with E-state index in [9.17, 15) is 38.7 Å². The van der Waals surface area contributed by atoms with Crippen molar-refractivity contribution in [2.24, 2.45) is 100 Å². The molecule has 0 spiro atoms. The number of amides is 1. The summed E-state index contributed by atoms with van der Waals surface area (Å²) in [7, 11) is 4.35. The summed E-state index contributed by atoms with van der Waals surface area (Å²) < 4.78 is 26.7. The van der Waals surface area contributed by atoms with E-state index in [2.05, 4.69) is 108 Å². The van der Waals surface area contributed by atoms with Crippen molar-refractivity contribution in [3.8, 4) is 0 Å². The third-order valence-electron chi connectivity index (χ3n) is 31.0. The number of carbonyl (C=O) groups is 7. The van der Waals surface area contributed by atoms with Gasteiger partial charge in [-0.25, -0.2) is 9.59 Å². The van der Waals surface area contributed by atoms with Gasteiger partial charge in [0.15, 0.2) is 11.6 Å². The molecule has 11 fully saturated rings. The number of fused-ring (bicyclic) bond motifs is 14. The number of ketones is 3. The van der Waals surface area contributed by atoms with Crippen molar-refractivity contribution < 1.29 is 62.4 Å². The van der Waals surface area contributed by atoms with Gasteiger partial charge in [-0.05, 0) is 266 Å². The van der Waals surface area contributed by atoms with Crippen LogP contribution in [0.3, 0.4) is 0 Å². The fraction of sp³-hybridized carbons (Fsp3) is 0.861. The molecule has 1 amide bonds. The largest absolute Gasteiger partial charge is 0.469 e. The van der Waals surface area contributed by atoms with Gasteiger partial charge in [0, 0.05) is 37.0 Å². The van der Waals surface area contributed by atoms with Gasteiger partial charge in [0.2, 0.25) is 0 Å². The van der Waals surface area contributed by atoms with Crippen molar-refractivity contribution in [3.63, 3.8) is 0 Å². The van der Waals surface area contributed by atoms with E-state index in [1.54, 1.807) is 11.8 Å². The van der Waals surface area contributed by atoms with Crippen molar-refractivity contribution in [1.82, 2.24) is 10.2 Å². The van der Waals surface area contributed by atoms with Crippen molar-refractivity contribution in [2.75, 3.05) is 47.6 Å². The Morgan fingerprint density at radius 2 is 1.01 bits per heavy atom. The maximum absolute atomic E-state index is 14.7. The number of methoxy groups -OCH3 is 3. The highest BCUT2D eigenvalue weighted by molar-refractivity contribution is 5.96. The van der Waals surface area contributed by atoms with Crippen LogP contribution in [-0.4, -0.2) is 123 Å². The lowest BCUT2D eigenvalue weighted by molar-refractivity contribution is -0.203. The summed E-state index contributed by atoms with van der Waals surface area (Å²) in [5, 5.41) is 14.0. The number of hydrogen-bond donors (Lipinski definition) is 2. The lowest BCUT2D eigenvalue weighted by Crippen LogP contribution is -2.67. The molecule has 8 saturated carbocycles. The standard InChI is InChI=1S/C38H57NO7.C31H48O4.C6H11NO.C4H8O/c1-33(2)27-12-15-38(7)29(36(27,5)14-13-28(33)46-32(43)39-20-10-11-25(39)30(41)44-8)26(40)21-23-24-22-35(4,31(42)45-9)17-16-34(24,3)18-19-37(23,38)6;1-26(2)22-9-12-31(7)24(29(22,5)11-10-23(26)33)21(32)17-19-20-18-28(4,25(34)35-8)14-13-27(20,3)15-16-30(19,31)6;1-5(8)6-3-2-4-7-6;1-2-4-5-3-1/h21,24-25,27-29H,10-20,22H2,1-9H3;17,20,22-24,33H,9-16,18H2,1-8H3;6-7H,2-4H2,1H3;1-4H2/t24?,25?,27-,28-,29+,34+,35-,36-,37+,38+;20?,22-,23-,24+,27+,28-,29-,30+,31+;;/m00../s1. The maximum Gasteiger partial charge on any atom is 0.410 e. The lowest BCUT2D eigenvalue weighted by atomic mass is 9.33. The Bertz CT molecular complexity index is 3010. The van der Waals surface area contributed by atoms with Crippen LogP contribution in [0.2, 0.25) is 0 Å². The third-order valence-corrected chi connectivity index (χ3v) is 31.0. The molecule has 20 atom stereocenters. The Labute approximate surface area is 565 Å². The number of carbonyl (C=O) groups excluding carboxylic acids is 7. The number of aliphatic hydroxyl groups excluding tert-OH is 1. The minimum absolute atomic E-state index is 0.00536. The first kappa shape index (κ1) is 72.8. The normalized spacial score (nSPS) is 45.9. The van der Waals surface area contributed by atoms with Crippen LogP contribution >= 0.6 is 0 Å². The maximum atomic E-state index is 14.7. The summed E-state index contributed by atoms with van der Waals surface area (Å²) in [4.78, 5) is 92.7. The van der Waals surface area contributed by atoms with Crippen molar-refractivity contribution in [1.29, 1.82) is 0 Å². The van der Waals surface area contributed by atoms with E-state index in [0.717, 1.165) is 148 Å². The molecule has 0 radical (unpaired) electrons. The Morgan fingerprint density at radius 1 is 0.543 bits per heavy atom. The number of hydrogen-bond acceptors (Lipinski definition) is 14. The molecule has 528 valence electrons. The topological polar surface area (TPSA) is 201 Å². The minimum atomic E-state index is -0.585. The first-order chi connectivity index (χ1) is 43.8. The summed E-state index contributed by atoms with van der Waals surface area (Å²) in [5.41, 5.74) is 0.503. The number of Topliss-reactive ketones (excluding diaryl/α,β-unsaturated/α-hetero) is 1. The monoisotopic (exact) mass is 1310 g/mol. The van der Waals surface area contributed by atoms with Crippen LogP contribution in [0, 0.1) is 100 Å². The number of esters is 3. The SMILES string of the molecule is C1CCOC1.CC(=O)C1CCCN1.COC(=O)C1CCCN1C(=O)O[C@H]1CC[C@]2(C)[C@H]3C(=O)C=C4C5C[C@@](C)(C(=O)OC)CC[C@]5(C)CC[C@@]4(C)[C@]3(C)CC[C@H]2C1(C)C.COC(=O)[C@@]1(C)CC[C@]2(C)CC[C@]3(C)C(=CC(=O)[C@@H]4[C@@]5(C)CC[C@H](O)C(C)(C)[C@@H]5CC[C@]43C)C2C1. The molecule has 0 aromatic carbocycles. The Hall–Kier alpha value is -3.95. The van der Waals surface area contributed by atoms with E-state index >= 15 is 0 Å². The molecule has 0 aromatic rings. The third kappa shape index (κ3) is 11.6. The van der Waals surface area contributed by atoms with Gasteiger partial charge in [0.25, 0.3) is 0 Å². The zero-order valence-corrected chi connectivity index (χ0v) is 61.5. The molecular weight excluding hydrogens is 1180 g/mol. The number of allylic oxidation sites excluding steroid dienone is 4. The van der Waals surface area contributed by atoms with Crippen LogP contribution < -0.4 is 5.32 Å². The van der Waals surface area contributed by atoms with E-state index in [4.69, 9.17) is 23.7 Å². The zero-order valence-electron chi connectivity index (χ0n) is 61.5. The van der Waals surface area contributed by atoms with Gasteiger partial charge in [-0.3, -0.25) is 28.9 Å². The fourth-order valence-electron chi connectivity index (χ4n) is 24.5. The highest BCUT2D eigenvalue weighted by atomic mass is 16.6. The number of ether oxygens (including phenoxy) is 5. The van der Waals surface area contributed by atoms with E-state index < -0.39 is 23.0 Å². The molecule has 15 nitrogen and oxygen atoms in total. The van der Waals surface area contributed by atoms with E-state index in [-0.39, 0.29) is 131 Å². The van der Waals surface area contributed by atoms with Gasteiger partial charge < -0.3 is 34.1 Å². The van der Waals surface area contributed by atoms with Crippen LogP contribution in [-0.2, 0) is 52.5 Å². The molecule has 0 aromatic heterocycles. The summed E-state index contributed by atoms with van der Waals surface area (Å²) in [6, 6.07) is -0.409. The average molecular weight is 1310 g/mol. The number of aliphatic hydroxyl groups is 1. The molecule has 13 aliphatic rings. The first-order valence-electron chi connectivity index (χ1n) is 37.0. The highest BCUT2D eigenvalue weighted by Gasteiger charge is 2.73. The number of nitrogens with zero attached hydrogens (tertiary/aromatic N) is 1. The highest BCUT2D eigenvalue weighted by Crippen LogP contribution is 2.78. The molecule has 0 bridgehead atoms. The Kier molecular flexibility index (Phi) is 19.9. The van der Waals surface area contributed by atoms with Crippen molar-refractivity contribution in [3.05, 3.63) is 23.3 Å². The molecule has 3 saturated heterocycles. The molecule has 2 N–H and O–H groups in total. The van der Waals surface area contributed by atoms with Crippen LogP contribution in [0.1, 0.15) is 258 Å². The van der Waals surface area contributed by atoms with Gasteiger partial charge in [-0.2, -0.15) is 0 Å². The van der Waals surface area contributed by atoms with Gasteiger partial charge in [0.05, 0.1) is 44.3 Å². The van der Waals surface area contributed by atoms with Crippen LogP contribution in [0.4, 0.5) is 4.79 Å². The summed E-state index contributed by atoms with van der Waals surface area (Å²) in [6.07, 6.45) is 26.0. The lowest BCUT2D eigenvalue weighted by Gasteiger charge is -2.70. The quantitative estimate of drug-likeness (QED) is 0.194. The van der Waals surface area contributed by atoms with Gasteiger partial charge >= 0.3 is 24.0 Å². The summed E-state index contributed by atoms with van der Waals surface area (Å²) >= 11 is 0. The van der Waals surface area contributed by atoms with Gasteiger partial charge in [0.1, 0.15) is 17.9 Å². The minimum Gasteiger partial charge on any atom is -0.469 e. The predicted octanol–water partition coefficient (Wildman–Crippen LogP) is 14.9. The molecule has 13 rings (SSSR count). The van der Waals surface area contributed by atoms with Gasteiger partial charge in [-0.1, -0.05) is 94.2 Å². The molecular formula is C79H124N2O13. The first-order valence-corrected chi connectivity index (χ1v) is 37.0. The molecule has 10 aliphatic carbocycles. The van der Waals surface area contributed by atoms with Crippen molar-refractivity contribution in [2.45, 2.75) is 282 Å². The fourth-order valence-corrected chi connectivity index (χ4v) is 24.5. The summed E-state index contributed by atoms with van der Waals surface area (Å²) in [5.74, 6) is 1.08. The second kappa shape index (κ2) is 25.7. The second-order valence-corrected chi connectivity index (χ2v) is 36.6. The van der Waals surface area contributed by atoms with E-state index in [1.807, 2.05) is 6.08 Å². The number of nitrogens with one attached hydrogen (secondary N) is 1. The van der Waals surface area contributed by atoms with Crippen LogP contribution in [0.5, 0.6) is 0 Å². The predicted molar refractivity (Wildman–Crippen MR) is 363 cm³/mol. The van der Waals surface area contributed by atoms with E-state index in [0.29, 0.717) is 31.1 Å². The molecule has 3 aliphatic heterocycles.